The monoisotopic (exact) mass is 566 g/mol. The van der Waals surface area contributed by atoms with E-state index in [0.29, 0.717) is 10.7 Å². The summed E-state index contributed by atoms with van der Waals surface area (Å²) in [7, 11) is -0.229. The van der Waals surface area contributed by atoms with Gasteiger partial charge in [0.25, 0.3) is 5.91 Å². The second kappa shape index (κ2) is 12.1. The summed E-state index contributed by atoms with van der Waals surface area (Å²) in [6.07, 6.45) is -5.19. The largest absolute Gasteiger partial charge is 0.542 e. The molecule has 0 aliphatic rings. The van der Waals surface area contributed by atoms with Crippen LogP contribution in [-0.2, 0) is 15.7 Å². The number of hydrogen-bond acceptors (Lipinski definition) is 5. The molecular weight excluding hydrogens is 545 g/mol. The Morgan fingerprint density at radius 1 is 0.821 bits per heavy atom. The van der Waals surface area contributed by atoms with Crippen molar-refractivity contribution in [1.29, 1.82) is 0 Å². The van der Waals surface area contributed by atoms with Crippen molar-refractivity contribution in [2.24, 2.45) is 0 Å². The minimum atomic E-state index is -5.19. The fourth-order valence-electron chi connectivity index (χ4n) is 3.52. The minimum absolute atomic E-state index is 0.147. The molecule has 5 aromatic rings. The molecule has 0 radical (unpaired) electrons. The third kappa shape index (κ3) is 7.24. The summed E-state index contributed by atoms with van der Waals surface area (Å²) in [5.74, 6) is -3.15. The fraction of sp³-hybridized carbons (Fsp3) is 0.0690. The van der Waals surface area contributed by atoms with Crippen molar-refractivity contribution in [3.63, 3.8) is 0 Å². The lowest BCUT2D eigenvalue weighted by Crippen LogP contribution is -2.37. The van der Waals surface area contributed by atoms with Crippen LogP contribution in [0.25, 0.3) is 10.2 Å². The van der Waals surface area contributed by atoms with Gasteiger partial charge in [0, 0.05) is 5.56 Å². The molecular formula is C29H21F3N2O3S2. The summed E-state index contributed by atoms with van der Waals surface area (Å²) in [6.45, 7) is 2.05. The van der Waals surface area contributed by atoms with E-state index >= 15 is 0 Å². The highest BCUT2D eigenvalue weighted by Crippen LogP contribution is 2.31. The Morgan fingerprint density at radius 3 is 1.85 bits per heavy atom. The van der Waals surface area contributed by atoms with Gasteiger partial charge in [-0.25, -0.2) is 4.98 Å². The van der Waals surface area contributed by atoms with Crippen LogP contribution in [0.15, 0.2) is 118 Å². The molecule has 1 aromatic heterocycles. The molecule has 1 heterocycles. The Balaban J connectivity index is 0.000000448. The number of nitrogens with zero attached hydrogens (tertiary/aromatic N) is 1. The molecule has 0 fully saturated rings. The lowest BCUT2D eigenvalue weighted by molar-refractivity contribution is -0.344. The van der Waals surface area contributed by atoms with Crippen molar-refractivity contribution in [2.45, 2.75) is 27.8 Å². The SMILES string of the molecule is Cc1ccc2nc(NC(=O)c3ccc([S+](c4ccccc4)c4ccccc4)cc3)sc2c1.O=C([O-])C(F)(F)F. The molecule has 5 rings (SSSR count). The van der Waals surface area contributed by atoms with E-state index in [1.807, 2.05) is 36.4 Å². The van der Waals surface area contributed by atoms with Crippen LogP contribution in [0, 0.1) is 6.92 Å². The molecule has 0 saturated carbocycles. The number of rotatable bonds is 5. The highest BCUT2D eigenvalue weighted by atomic mass is 32.2. The molecule has 198 valence electrons. The number of carbonyl (C=O) groups excluding carboxylic acids is 2. The van der Waals surface area contributed by atoms with Crippen LogP contribution >= 0.6 is 11.3 Å². The Kier molecular flexibility index (Phi) is 8.68. The predicted octanol–water partition coefficient (Wildman–Crippen LogP) is 6.25. The fourth-order valence-corrected chi connectivity index (χ4v) is 6.56. The van der Waals surface area contributed by atoms with Gasteiger partial charge in [-0.2, -0.15) is 13.2 Å². The van der Waals surface area contributed by atoms with Gasteiger partial charge in [-0.05, 0) is 73.2 Å². The number of alkyl halides is 3. The van der Waals surface area contributed by atoms with Crippen LogP contribution in [0.2, 0.25) is 0 Å². The van der Waals surface area contributed by atoms with E-state index in [0.717, 1.165) is 10.2 Å². The summed E-state index contributed by atoms with van der Waals surface area (Å²) in [5, 5.41) is 12.4. The summed E-state index contributed by atoms with van der Waals surface area (Å²) >= 11 is 1.50. The zero-order chi connectivity index (χ0) is 28.0. The van der Waals surface area contributed by atoms with Gasteiger partial charge in [0.05, 0.1) is 21.1 Å². The number of aromatic nitrogens is 1. The summed E-state index contributed by atoms with van der Waals surface area (Å²) in [5.41, 5.74) is 2.71. The van der Waals surface area contributed by atoms with E-state index in [2.05, 4.69) is 84.0 Å². The molecule has 0 atom stereocenters. The van der Waals surface area contributed by atoms with E-state index < -0.39 is 12.1 Å². The number of aryl methyl sites for hydroxylation is 1. The molecule has 0 spiro atoms. The van der Waals surface area contributed by atoms with Crippen molar-refractivity contribution in [1.82, 2.24) is 4.98 Å². The predicted molar refractivity (Wildman–Crippen MR) is 145 cm³/mol. The van der Waals surface area contributed by atoms with E-state index in [1.165, 1.54) is 31.6 Å². The number of carboxylic acid groups (broad SMARTS) is 1. The molecule has 0 bridgehead atoms. The van der Waals surface area contributed by atoms with Crippen molar-refractivity contribution in [2.75, 3.05) is 5.32 Å². The van der Waals surface area contributed by atoms with Crippen LogP contribution in [0.4, 0.5) is 18.3 Å². The first-order valence-corrected chi connectivity index (χ1v) is 13.6. The highest BCUT2D eigenvalue weighted by Gasteiger charge is 2.29. The molecule has 0 aliphatic heterocycles. The molecule has 1 amide bonds. The van der Waals surface area contributed by atoms with Crippen molar-refractivity contribution < 1.29 is 27.9 Å². The quantitative estimate of drug-likeness (QED) is 0.255. The first kappa shape index (κ1) is 27.9. The topological polar surface area (TPSA) is 82.1 Å². The van der Waals surface area contributed by atoms with Crippen LogP contribution in [0.5, 0.6) is 0 Å². The maximum Gasteiger partial charge on any atom is 0.430 e. The van der Waals surface area contributed by atoms with E-state index in [-0.39, 0.29) is 16.8 Å². The van der Waals surface area contributed by atoms with Gasteiger partial charge in [-0.15, -0.1) is 0 Å². The maximum absolute atomic E-state index is 12.8. The Hall–Kier alpha value is -4.15. The Morgan fingerprint density at radius 2 is 1.33 bits per heavy atom. The van der Waals surface area contributed by atoms with Crippen LogP contribution in [-0.4, -0.2) is 23.0 Å². The average molecular weight is 567 g/mol. The second-order valence-corrected chi connectivity index (χ2v) is 11.2. The molecule has 1 N–H and O–H groups in total. The zero-order valence-electron chi connectivity index (χ0n) is 20.4. The maximum atomic E-state index is 12.8. The van der Waals surface area contributed by atoms with Gasteiger partial charge in [0.15, 0.2) is 19.8 Å². The first-order chi connectivity index (χ1) is 18.6. The average Bonchev–Trinajstić information content (AvgIpc) is 3.31. The van der Waals surface area contributed by atoms with Gasteiger partial charge in [-0.3, -0.25) is 10.1 Å². The standard InChI is InChI=1S/C27H20N2OS2.C2HF3O2/c1-19-12-17-24-25(18-19)31-27(28-24)29-26(30)20-13-15-23(16-14-20)32(21-8-4-2-5-9-21)22-10-6-3-7-11-22;3-2(4,5)1(6)7/h2-18H,1H3;(H,6,7). The number of carbonyl (C=O) groups is 2. The minimum Gasteiger partial charge on any atom is -0.542 e. The van der Waals surface area contributed by atoms with E-state index in [1.54, 1.807) is 0 Å². The van der Waals surface area contributed by atoms with Crippen LogP contribution in [0.1, 0.15) is 15.9 Å². The van der Waals surface area contributed by atoms with Gasteiger partial charge in [0.2, 0.25) is 0 Å². The number of thiazole rings is 1. The number of anilines is 1. The number of fused-ring (bicyclic) bond motifs is 1. The summed E-state index contributed by atoms with van der Waals surface area (Å²) < 4.78 is 32.6. The number of amides is 1. The Labute approximate surface area is 229 Å². The molecule has 4 aromatic carbocycles. The Bertz CT molecular complexity index is 1530. The second-order valence-electron chi connectivity index (χ2n) is 8.19. The van der Waals surface area contributed by atoms with E-state index in [4.69, 9.17) is 9.90 Å². The van der Waals surface area contributed by atoms with Gasteiger partial charge >= 0.3 is 6.18 Å². The lowest BCUT2D eigenvalue weighted by Gasteiger charge is -2.08. The number of aliphatic carboxylic acids is 1. The number of hydrogen-bond donors (Lipinski definition) is 1. The third-order valence-corrected chi connectivity index (χ3v) is 8.47. The molecule has 0 saturated heterocycles. The molecule has 5 nitrogen and oxygen atoms in total. The smallest absolute Gasteiger partial charge is 0.430 e. The summed E-state index contributed by atoms with van der Waals surface area (Å²) in [4.78, 5) is 29.8. The normalized spacial score (nSPS) is 11.1. The van der Waals surface area contributed by atoms with Gasteiger partial charge < -0.3 is 9.90 Å². The van der Waals surface area contributed by atoms with E-state index in [9.17, 15) is 18.0 Å². The van der Waals surface area contributed by atoms with Crippen molar-refractivity contribution in [3.8, 4) is 0 Å². The molecule has 0 unspecified atom stereocenters. The first-order valence-electron chi connectivity index (χ1n) is 11.5. The number of benzene rings is 4. The number of halogens is 3. The van der Waals surface area contributed by atoms with Crippen molar-refractivity contribution >= 4 is 49.5 Å². The number of carboxylic acids is 1. The lowest BCUT2D eigenvalue weighted by atomic mass is 10.2. The van der Waals surface area contributed by atoms with Gasteiger partial charge in [-0.1, -0.05) is 53.8 Å². The molecule has 39 heavy (non-hydrogen) atoms. The van der Waals surface area contributed by atoms with Gasteiger partial charge in [0.1, 0.15) is 5.97 Å². The third-order valence-electron chi connectivity index (χ3n) is 5.31. The van der Waals surface area contributed by atoms with Crippen molar-refractivity contribution in [3.05, 3.63) is 114 Å². The highest BCUT2D eigenvalue weighted by molar-refractivity contribution is 7.97. The molecule has 10 heteroatoms. The zero-order valence-corrected chi connectivity index (χ0v) is 22.1. The van der Waals surface area contributed by atoms with Crippen LogP contribution < -0.4 is 10.4 Å². The molecule has 0 aliphatic carbocycles. The number of nitrogens with one attached hydrogen (secondary N) is 1. The van der Waals surface area contributed by atoms with Crippen LogP contribution in [0.3, 0.4) is 0 Å². The summed E-state index contributed by atoms with van der Waals surface area (Å²) in [6, 6.07) is 35.0.